The van der Waals surface area contributed by atoms with Crippen molar-refractivity contribution in [3.8, 4) is 5.75 Å². The normalized spacial score (nSPS) is 13.7. The van der Waals surface area contributed by atoms with Gasteiger partial charge in [-0.05, 0) is 18.6 Å². The van der Waals surface area contributed by atoms with Crippen molar-refractivity contribution in [1.82, 2.24) is 5.32 Å². The molecule has 0 spiro atoms. The summed E-state index contributed by atoms with van der Waals surface area (Å²) >= 11 is 0. The topological polar surface area (TPSA) is 78.9 Å². The number of ether oxygens (including phenoxy) is 1. The zero-order valence-electron chi connectivity index (χ0n) is 11.2. The van der Waals surface area contributed by atoms with Crippen molar-refractivity contribution in [2.24, 2.45) is 0 Å². The van der Waals surface area contributed by atoms with Gasteiger partial charge in [0.05, 0.1) is 5.69 Å². The monoisotopic (exact) mass is 278 g/mol. The third-order valence-corrected chi connectivity index (χ3v) is 3.03. The van der Waals surface area contributed by atoms with Gasteiger partial charge in [0.1, 0.15) is 5.75 Å². The largest absolute Gasteiger partial charge is 0.482 e. The molecule has 0 bridgehead atoms. The third-order valence-electron chi connectivity index (χ3n) is 3.03. The molecule has 20 heavy (non-hydrogen) atoms. The first-order valence-corrected chi connectivity index (χ1v) is 6.62. The minimum absolute atomic E-state index is 0.00312. The summed E-state index contributed by atoms with van der Waals surface area (Å²) in [7, 11) is 0. The molecular formula is C14H18N2O4. The average Bonchev–Trinajstić information content (AvgIpc) is 2.46. The number of carbonyl (C=O) groups excluding carboxylic acids is 2. The Labute approximate surface area is 117 Å². The number of rotatable bonds is 6. The molecule has 2 amide bonds. The molecule has 0 radical (unpaired) electrons. The summed E-state index contributed by atoms with van der Waals surface area (Å²) in [5.41, 5.74) is 0.701. The molecule has 0 aromatic heterocycles. The van der Waals surface area contributed by atoms with E-state index in [1.807, 2.05) is 12.1 Å². The second-order valence-electron chi connectivity index (χ2n) is 4.48. The molecule has 108 valence electrons. The van der Waals surface area contributed by atoms with Crippen molar-refractivity contribution in [1.29, 1.82) is 0 Å². The van der Waals surface area contributed by atoms with E-state index in [2.05, 4.69) is 5.32 Å². The van der Waals surface area contributed by atoms with Gasteiger partial charge in [-0.15, -0.1) is 0 Å². The highest BCUT2D eigenvalue weighted by atomic mass is 16.5. The maximum atomic E-state index is 11.9. The van der Waals surface area contributed by atoms with Crippen LogP contribution in [-0.4, -0.2) is 43.2 Å². The molecule has 6 nitrogen and oxygen atoms in total. The van der Waals surface area contributed by atoms with Crippen LogP contribution in [0.25, 0.3) is 0 Å². The van der Waals surface area contributed by atoms with Gasteiger partial charge < -0.3 is 20.1 Å². The predicted molar refractivity (Wildman–Crippen MR) is 73.6 cm³/mol. The minimum Gasteiger partial charge on any atom is -0.482 e. The van der Waals surface area contributed by atoms with E-state index in [4.69, 9.17) is 9.84 Å². The molecule has 0 saturated heterocycles. The molecule has 0 aliphatic carbocycles. The lowest BCUT2D eigenvalue weighted by molar-refractivity contribution is -0.122. The van der Waals surface area contributed by atoms with Gasteiger partial charge in [-0.3, -0.25) is 9.59 Å². The molecule has 0 atom stereocenters. The van der Waals surface area contributed by atoms with E-state index >= 15 is 0 Å². The highest BCUT2D eigenvalue weighted by molar-refractivity contribution is 5.98. The summed E-state index contributed by atoms with van der Waals surface area (Å²) in [5, 5.41) is 11.3. The van der Waals surface area contributed by atoms with Crippen LogP contribution < -0.4 is 15.0 Å². The maximum Gasteiger partial charge on any atom is 0.265 e. The molecule has 0 fully saturated rings. The highest BCUT2D eigenvalue weighted by Crippen LogP contribution is 2.31. The smallest absolute Gasteiger partial charge is 0.265 e. The van der Waals surface area contributed by atoms with E-state index < -0.39 is 0 Å². The number of nitrogens with one attached hydrogen (secondary N) is 1. The number of nitrogens with zero attached hydrogens (tertiary/aromatic N) is 1. The van der Waals surface area contributed by atoms with Gasteiger partial charge in [0.2, 0.25) is 5.91 Å². The minimum atomic E-state index is -0.146. The fraction of sp³-hybridized carbons (Fsp3) is 0.429. The van der Waals surface area contributed by atoms with Crippen LogP contribution in [0.4, 0.5) is 5.69 Å². The lowest BCUT2D eigenvalue weighted by Crippen LogP contribution is -2.41. The van der Waals surface area contributed by atoms with Crippen molar-refractivity contribution >= 4 is 17.5 Å². The number of benzene rings is 1. The Morgan fingerprint density at radius 1 is 1.40 bits per heavy atom. The molecule has 0 unspecified atom stereocenters. The number of amides is 2. The Morgan fingerprint density at radius 3 is 3.00 bits per heavy atom. The van der Waals surface area contributed by atoms with Gasteiger partial charge in [0.15, 0.2) is 6.61 Å². The first-order chi connectivity index (χ1) is 9.72. The Bertz CT molecular complexity index is 490. The number of para-hydroxylation sites is 2. The van der Waals surface area contributed by atoms with Crippen LogP contribution in [0.3, 0.4) is 0 Å². The molecule has 0 saturated carbocycles. The van der Waals surface area contributed by atoms with Crippen molar-refractivity contribution in [2.45, 2.75) is 12.8 Å². The maximum absolute atomic E-state index is 11.9. The van der Waals surface area contributed by atoms with E-state index in [-0.39, 0.29) is 31.4 Å². The van der Waals surface area contributed by atoms with Crippen LogP contribution in [0.2, 0.25) is 0 Å². The van der Waals surface area contributed by atoms with Crippen molar-refractivity contribution in [3.05, 3.63) is 24.3 Å². The summed E-state index contributed by atoms with van der Waals surface area (Å²) in [6, 6.07) is 7.27. The first-order valence-electron chi connectivity index (χ1n) is 6.62. The second kappa shape index (κ2) is 6.91. The van der Waals surface area contributed by atoms with E-state index in [1.54, 1.807) is 17.0 Å². The number of carbonyl (C=O) groups is 2. The molecule has 1 aliphatic heterocycles. The Kier molecular flexibility index (Phi) is 4.95. The lowest BCUT2D eigenvalue weighted by atomic mass is 10.2. The number of hydrogen-bond donors (Lipinski definition) is 2. The summed E-state index contributed by atoms with van der Waals surface area (Å²) in [6.45, 7) is 0.825. The quantitative estimate of drug-likeness (QED) is 0.734. The fourth-order valence-corrected chi connectivity index (χ4v) is 2.01. The van der Waals surface area contributed by atoms with Crippen molar-refractivity contribution < 1.29 is 19.4 Å². The standard InChI is InChI=1S/C14H18N2O4/c17-9-3-7-15-13(18)6-8-16-11-4-1-2-5-12(11)20-10-14(16)19/h1-2,4-5,17H,3,6-10H2,(H,15,18). The summed E-state index contributed by atoms with van der Waals surface area (Å²) < 4.78 is 5.33. The van der Waals surface area contributed by atoms with Crippen LogP contribution in [0.5, 0.6) is 5.75 Å². The first kappa shape index (κ1) is 14.3. The molecule has 1 aromatic rings. The van der Waals surface area contributed by atoms with Crippen LogP contribution in [0.1, 0.15) is 12.8 Å². The molecule has 1 aliphatic rings. The molecule has 1 heterocycles. The summed E-state index contributed by atoms with van der Waals surface area (Å²) in [6.07, 6.45) is 0.760. The van der Waals surface area contributed by atoms with E-state index in [9.17, 15) is 9.59 Å². The number of anilines is 1. The highest BCUT2D eigenvalue weighted by Gasteiger charge is 2.25. The van der Waals surface area contributed by atoms with Gasteiger partial charge in [-0.25, -0.2) is 0 Å². The molecule has 2 N–H and O–H groups in total. The zero-order valence-corrected chi connectivity index (χ0v) is 11.2. The predicted octanol–water partition coefficient (Wildman–Crippen LogP) is 0.301. The Morgan fingerprint density at radius 2 is 2.20 bits per heavy atom. The third kappa shape index (κ3) is 3.48. The number of aliphatic hydroxyl groups excluding tert-OH is 1. The average molecular weight is 278 g/mol. The van der Waals surface area contributed by atoms with E-state index in [0.29, 0.717) is 30.9 Å². The van der Waals surface area contributed by atoms with Gasteiger partial charge in [-0.1, -0.05) is 12.1 Å². The molecule has 2 rings (SSSR count). The van der Waals surface area contributed by atoms with Crippen LogP contribution in [0.15, 0.2) is 24.3 Å². The molecular weight excluding hydrogens is 260 g/mol. The number of aliphatic hydroxyl groups is 1. The fourth-order valence-electron chi connectivity index (χ4n) is 2.01. The van der Waals surface area contributed by atoms with E-state index in [0.717, 1.165) is 0 Å². The Hall–Kier alpha value is -2.08. The van der Waals surface area contributed by atoms with Crippen LogP contribution in [0, 0.1) is 0 Å². The molecule has 6 heteroatoms. The van der Waals surface area contributed by atoms with Crippen molar-refractivity contribution in [2.75, 3.05) is 31.2 Å². The SMILES string of the molecule is O=C(CCN1C(=O)COc2ccccc21)NCCCO. The van der Waals surface area contributed by atoms with E-state index in [1.165, 1.54) is 0 Å². The summed E-state index contributed by atoms with van der Waals surface area (Å²) in [5.74, 6) is 0.384. The second-order valence-corrected chi connectivity index (χ2v) is 4.48. The van der Waals surface area contributed by atoms with Crippen LogP contribution in [-0.2, 0) is 9.59 Å². The number of hydrogen-bond acceptors (Lipinski definition) is 4. The Balaban J connectivity index is 1.92. The van der Waals surface area contributed by atoms with Crippen LogP contribution >= 0.6 is 0 Å². The van der Waals surface area contributed by atoms with Gasteiger partial charge in [0, 0.05) is 26.1 Å². The lowest BCUT2D eigenvalue weighted by Gasteiger charge is -2.29. The van der Waals surface area contributed by atoms with Gasteiger partial charge in [0.25, 0.3) is 5.91 Å². The number of fused-ring (bicyclic) bond motifs is 1. The summed E-state index contributed by atoms with van der Waals surface area (Å²) in [4.78, 5) is 25.1. The van der Waals surface area contributed by atoms with Gasteiger partial charge in [-0.2, -0.15) is 0 Å². The van der Waals surface area contributed by atoms with Gasteiger partial charge >= 0.3 is 0 Å². The van der Waals surface area contributed by atoms with Crippen molar-refractivity contribution in [3.63, 3.8) is 0 Å². The zero-order chi connectivity index (χ0) is 14.4. The molecule has 1 aromatic carbocycles.